The van der Waals surface area contributed by atoms with Crippen molar-refractivity contribution in [2.45, 2.75) is 25.9 Å². The van der Waals surface area contributed by atoms with Gasteiger partial charge in [-0.05, 0) is 31.5 Å². The maximum Gasteiger partial charge on any atom is 0.347 e. The summed E-state index contributed by atoms with van der Waals surface area (Å²) in [6.07, 6.45) is 0.155. The molecule has 0 unspecified atom stereocenters. The monoisotopic (exact) mass is 237 g/mol. The molecule has 1 aromatic rings. The van der Waals surface area contributed by atoms with Gasteiger partial charge in [-0.25, -0.2) is 4.79 Å². The molecule has 0 spiro atoms. The number of carboxylic acid groups (broad SMARTS) is 1. The number of carboxylic acids is 1. The van der Waals surface area contributed by atoms with E-state index >= 15 is 0 Å². The molecule has 0 heterocycles. The van der Waals surface area contributed by atoms with Crippen molar-refractivity contribution < 1.29 is 19.4 Å². The Hall–Kier alpha value is -2.04. The highest BCUT2D eigenvalue weighted by Gasteiger charge is 2.29. The van der Waals surface area contributed by atoms with Gasteiger partial charge in [-0.2, -0.15) is 0 Å². The average molecular weight is 237 g/mol. The van der Waals surface area contributed by atoms with E-state index in [0.717, 1.165) is 5.56 Å². The number of carbonyl (C=O) groups is 2. The molecule has 0 fully saturated rings. The van der Waals surface area contributed by atoms with Crippen molar-refractivity contribution in [1.82, 2.24) is 0 Å². The molecule has 1 amide bonds. The number of benzene rings is 1. The van der Waals surface area contributed by atoms with Gasteiger partial charge in [0.25, 0.3) is 0 Å². The Morgan fingerprint density at radius 1 is 1.29 bits per heavy atom. The Bertz CT molecular complexity index is 423. The number of carbonyl (C=O) groups excluding carboxylic acids is 1. The van der Waals surface area contributed by atoms with E-state index < -0.39 is 17.5 Å². The molecule has 1 rings (SSSR count). The van der Waals surface area contributed by atoms with Crippen LogP contribution in [0.3, 0.4) is 0 Å². The maximum absolute atomic E-state index is 10.9. The molecule has 0 saturated carbocycles. The number of hydrogen-bond donors (Lipinski definition) is 2. The molecule has 0 saturated heterocycles. The summed E-state index contributed by atoms with van der Waals surface area (Å²) in [4.78, 5) is 21.5. The fourth-order valence-electron chi connectivity index (χ4n) is 1.21. The number of ether oxygens (including phenoxy) is 1. The quantitative estimate of drug-likeness (QED) is 0.798. The van der Waals surface area contributed by atoms with E-state index in [0.29, 0.717) is 5.75 Å². The molecule has 0 bridgehead atoms. The van der Waals surface area contributed by atoms with E-state index in [2.05, 4.69) is 0 Å². The highest BCUT2D eigenvalue weighted by molar-refractivity contribution is 5.77. The van der Waals surface area contributed by atoms with E-state index in [1.807, 2.05) is 0 Å². The van der Waals surface area contributed by atoms with Gasteiger partial charge < -0.3 is 15.6 Å². The second kappa shape index (κ2) is 4.86. The van der Waals surface area contributed by atoms with Crippen LogP contribution >= 0.6 is 0 Å². The summed E-state index contributed by atoms with van der Waals surface area (Å²) in [5, 5.41) is 8.89. The normalized spacial score (nSPS) is 10.9. The molecule has 5 nitrogen and oxygen atoms in total. The third-order valence-corrected chi connectivity index (χ3v) is 2.19. The van der Waals surface area contributed by atoms with Crippen molar-refractivity contribution >= 4 is 11.9 Å². The predicted molar refractivity (Wildman–Crippen MR) is 61.7 cm³/mol. The number of primary amides is 1. The maximum atomic E-state index is 10.9. The van der Waals surface area contributed by atoms with Crippen LogP contribution in [0.15, 0.2) is 24.3 Å². The predicted octanol–water partition coefficient (Wildman–Crippen LogP) is 0.956. The SMILES string of the molecule is CC(C)(Oc1ccc(CC(N)=O)cc1)C(=O)O. The van der Waals surface area contributed by atoms with Gasteiger partial charge in [0.1, 0.15) is 5.75 Å². The standard InChI is InChI=1S/C12H15NO4/c1-12(2,11(15)16)17-9-5-3-8(4-6-9)7-10(13)14/h3-6H,7H2,1-2H3,(H2,13,14)(H,15,16). The van der Waals surface area contributed by atoms with Gasteiger partial charge >= 0.3 is 5.97 Å². The van der Waals surface area contributed by atoms with Crippen molar-refractivity contribution in [2.24, 2.45) is 5.73 Å². The van der Waals surface area contributed by atoms with Gasteiger partial charge in [-0.3, -0.25) is 4.79 Å². The Balaban J connectivity index is 2.75. The third-order valence-electron chi connectivity index (χ3n) is 2.19. The number of hydrogen-bond acceptors (Lipinski definition) is 3. The number of rotatable bonds is 5. The first kappa shape index (κ1) is 13.0. The minimum Gasteiger partial charge on any atom is -0.478 e. The van der Waals surface area contributed by atoms with E-state index in [1.54, 1.807) is 24.3 Å². The van der Waals surface area contributed by atoms with Crippen molar-refractivity contribution in [3.8, 4) is 5.75 Å². The zero-order chi connectivity index (χ0) is 13.1. The van der Waals surface area contributed by atoms with Crippen molar-refractivity contribution in [1.29, 1.82) is 0 Å². The lowest BCUT2D eigenvalue weighted by molar-refractivity contribution is -0.152. The Morgan fingerprint density at radius 2 is 1.82 bits per heavy atom. The van der Waals surface area contributed by atoms with Gasteiger partial charge in [0.05, 0.1) is 6.42 Å². The van der Waals surface area contributed by atoms with Crippen molar-refractivity contribution in [3.63, 3.8) is 0 Å². The first-order chi connectivity index (χ1) is 7.81. The molecular formula is C12H15NO4. The van der Waals surface area contributed by atoms with Gasteiger partial charge in [-0.15, -0.1) is 0 Å². The molecule has 1 aromatic carbocycles. The van der Waals surface area contributed by atoms with E-state index in [1.165, 1.54) is 13.8 Å². The van der Waals surface area contributed by atoms with Crippen LogP contribution in [0.5, 0.6) is 5.75 Å². The first-order valence-corrected chi connectivity index (χ1v) is 5.11. The second-order valence-corrected chi connectivity index (χ2v) is 4.20. The minimum atomic E-state index is -1.29. The Morgan fingerprint density at radius 3 is 2.24 bits per heavy atom. The fourth-order valence-corrected chi connectivity index (χ4v) is 1.21. The molecule has 0 atom stereocenters. The highest BCUT2D eigenvalue weighted by atomic mass is 16.5. The zero-order valence-electron chi connectivity index (χ0n) is 9.77. The van der Waals surface area contributed by atoms with Crippen LogP contribution in [-0.4, -0.2) is 22.6 Å². The van der Waals surface area contributed by atoms with Gasteiger partial charge in [-0.1, -0.05) is 12.1 Å². The Labute approximate surface area is 99.2 Å². The summed E-state index contributed by atoms with van der Waals surface area (Å²) in [7, 11) is 0. The molecule has 0 aliphatic heterocycles. The van der Waals surface area contributed by atoms with E-state index in [9.17, 15) is 9.59 Å². The molecule has 17 heavy (non-hydrogen) atoms. The van der Waals surface area contributed by atoms with Gasteiger partial charge in [0.15, 0.2) is 5.60 Å². The van der Waals surface area contributed by atoms with Crippen molar-refractivity contribution in [2.75, 3.05) is 0 Å². The van der Waals surface area contributed by atoms with Crippen LogP contribution in [-0.2, 0) is 16.0 Å². The Kier molecular flexibility index (Phi) is 3.73. The molecule has 0 radical (unpaired) electrons. The molecule has 0 aromatic heterocycles. The van der Waals surface area contributed by atoms with Crippen LogP contribution in [0.4, 0.5) is 0 Å². The van der Waals surface area contributed by atoms with Gasteiger partial charge in [0, 0.05) is 0 Å². The molecule has 0 aliphatic carbocycles. The molecule has 92 valence electrons. The summed E-state index contributed by atoms with van der Waals surface area (Å²) in [6, 6.07) is 6.59. The number of aliphatic carboxylic acids is 1. The fraction of sp³-hybridized carbons (Fsp3) is 0.333. The summed E-state index contributed by atoms with van der Waals surface area (Å²) in [5.74, 6) is -1.02. The van der Waals surface area contributed by atoms with E-state index in [-0.39, 0.29) is 6.42 Å². The summed E-state index contributed by atoms with van der Waals surface area (Å²) in [6.45, 7) is 2.93. The lowest BCUT2D eigenvalue weighted by Gasteiger charge is -2.21. The van der Waals surface area contributed by atoms with Crippen LogP contribution in [0.1, 0.15) is 19.4 Å². The average Bonchev–Trinajstić information content (AvgIpc) is 2.19. The van der Waals surface area contributed by atoms with E-state index in [4.69, 9.17) is 15.6 Å². The molecule has 3 N–H and O–H groups in total. The second-order valence-electron chi connectivity index (χ2n) is 4.20. The largest absolute Gasteiger partial charge is 0.478 e. The smallest absolute Gasteiger partial charge is 0.347 e. The lowest BCUT2D eigenvalue weighted by atomic mass is 10.1. The molecular weight excluding hydrogens is 222 g/mol. The summed E-state index contributed by atoms with van der Waals surface area (Å²) < 4.78 is 5.31. The first-order valence-electron chi connectivity index (χ1n) is 5.11. The number of nitrogens with two attached hydrogens (primary N) is 1. The molecule has 0 aliphatic rings. The summed E-state index contributed by atoms with van der Waals surface area (Å²) in [5.41, 5.74) is 4.53. The highest BCUT2D eigenvalue weighted by Crippen LogP contribution is 2.19. The minimum absolute atomic E-state index is 0.155. The topological polar surface area (TPSA) is 89.6 Å². The lowest BCUT2D eigenvalue weighted by Crippen LogP contribution is -2.37. The zero-order valence-corrected chi connectivity index (χ0v) is 9.77. The van der Waals surface area contributed by atoms with Crippen LogP contribution < -0.4 is 10.5 Å². The molecule has 5 heteroatoms. The van der Waals surface area contributed by atoms with Gasteiger partial charge in [0.2, 0.25) is 5.91 Å². The van der Waals surface area contributed by atoms with Crippen molar-refractivity contribution in [3.05, 3.63) is 29.8 Å². The van der Waals surface area contributed by atoms with Crippen LogP contribution in [0.2, 0.25) is 0 Å². The third kappa shape index (κ3) is 3.79. The number of amides is 1. The van der Waals surface area contributed by atoms with Crippen LogP contribution in [0.25, 0.3) is 0 Å². The van der Waals surface area contributed by atoms with Crippen LogP contribution in [0, 0.1) is 0 Å². The summed E-state index contributed by atoms with van der Waals surface area (Å²) >= 11 is 0.